The minimum Gasteiger partial charge on any atom is -0.491 e. The van der Waals surface area contributed by atoms with Crippen LogP contribution in [0.5, 0.6) is 11.5 Å². The Kier molecular flexibility index (Phi) is 12.7. The Hall–Kier alpha value is -6.92. The monoisotopic (exact) mass is 910 g/mol. The number of rotatable bonds is 6. The van der Waals surface area contributed by atoms with Crippen molar-refractivity contribution in [2.24, 2.45) is 0 Å². The third kappa shape index (κ3) is 9.67. The van der Waals surface area contributed by atoms with Crippen LogP contribution in [0.2, 0.25) is 0 Å². The van der Waals surface area contributed by atoms with Crippen LogP contribution in [0, 0.1) is 25.5 Å². The van der Waals surface area contributed by atoms with E-state index in [9.17, 15) is 35.2 Å². The van der Waals surface area contributed by atoms with Gasteiger partial charge in [-0.05, 0) is 109 Å². The van der Waals surface area contributed by atoms with Gasteiger partial charge in [-0.1, -0.05) is 12.1 Å². The summed E-state index contributed by atoms with van der Waals surface area (Å²) in [6.45, 7) is 4.52. The summed E-state index contributed by atoms with van der Waals surface area (Å²) >= 11 is 0. The average Bonchev–Trinajstić information content (AvgIpc) is 3.61. The molecule has 0 aliphatic carbocycles. The molecular formula is C46H44F2N6O8S2. The van der Waals surface area contributed by atoms with Gasteiger partial charge in [-0.3, -0.25) is 9.59 Å². The van der Waals surface area contributed by atoms with Crippen LogP contribution in [0.3, 0.4) is 0 Å². The molecule has 332 valence electrons. The number of benzene rings is 4. The minimum absolute atomic E-state index is 0.00464. The van der Waals surface area contributed by atoms with E-state index in [-0.39, 0.29) is 48.6 Å². The van der Waals surface area contributed by atoms with Crippen LogP contribution < -0.4 is 20.9 Å². The maximum Gasteiger partial charge on any atom is 0.254 e. The van der Waals surface area contributed by atoms with E-state index in [2.05, 4.69) is 9.97 Å². The van der Waals surface area contributed by atoms with Gasteiger partial charge in [-0.15, -0.1) is 0 Å². The second kappa shape index (κ2) is 18.1. The number of sulfone groups is 2. The first-order valence-electron chi connectivity index (χ1n) is 19.8. The molecule has 0 bridgehead atoms. The molecule has 4 N–H and O–H groups in total. The van der Waals surface area contributed by atoms with Gasteiger partial charge in [0.25, 0.3) is 11.8 Å². The van der Waals surface area contributed by atoms with Crippen molar-refractivity contribution in [3.05, 3.63) is 142 Å². The zero-order chi connectivity index (χ0) is 46.1. The summed E-state index contributed by atoms with van der Waals surface area (Å²) in [6, 6.07) is 23.5. The smallest absolute Gasteiger partial charge is 0.254 e. The zero-order valence-electron chi connectivity index (χ0n) is 35.3. The van der Waals surface area contributed by atoms with Crippen LogP contribution in [0.1, 0.15) is 43.0 Å². The van der Waals surface area contributed by atoms with Gasteiger partial charge >= 0.3 is 0 Å². The SMILES string of the molecule is Cc1c(C(=O)N2CCOc3ccc(-c4ccc(N)nc4)cc3C2)ccc(S(C)(=O)=O)c1F.Cc1c(C(=O)N2CCOc3ccc(-c4ccc(N)nc4)cc3C2)ccc(S(C)(=O)=O)c1F. The topological polar surface area (TPSA) is 205 Å². The van der Waals surface area contributed by atoms with Gasteiger partial charge < -0.3 is 30.7 Å². The molecule has 8 rings (SSSR count). The number of anilines is 2. The highest BCUT2D eigenvalue weighted by atomic mass is 32.2. The Balaban J connectivity index is 0.000000191. The van der Waals surface area contributed by atoms with E-state index in [1.165, 1.54) is 26.0 Å². The molecule has 0 unspecified atom stereocenters. The van der Waals surface area contributed by atoms with Crippen LogP contribution in [-0.2, 0) is 32.8 Å². The summed E-state index contributed by atoms with van der Waals surface area (Å²) in [5.74, 6) is -0.396. The molecule has 4 aromatic carbocycles. The van der Waals surface area contributed by atoms with E-state index in [0.29, 0.717) is 36.2 Å². The summed E-state index contributed by atoms with van der Waals surface area (Å²) in [4.78, 5) is 37.0. The molecule has 0 fully saturated rings. The number of hydrogen-bond acceptors (Lipinski definition) is 12. The normalized spacial score (nSPS) is 13.8. The average molecular weight is 911 g/mol. The first-order chi connectivity index (χ1) is 30.3. The summed E-state index contributed by atoms with van der Waals surface area (Å²) in [6.07, 6.45) is 5.22. The Morgan fingerprint density at radius 1 is 0.578 bits per heavy atom. The highest BCUT2D eigenvalue weighted by Crippen LogP contribution is 2.33. The highest BCUT2D eigenvalue weighted by Gasteiger charge is 2.28. The molecular weight excluding hydrogens is 867 g/mol. The molecule has 2 aliphatic rings. The molecule has 0 saturated heterocycles. The standard InChI is InChI=1S/2C23H22FN3O4S/c2*1-14-18(5-7-20(22(14)24)32(2,29)30)23(28)27-9-10-31-19-6-3-15(11-17(19)13-27)16-4-8-21(25)26-12-16/h2*3-8,11-12H,9-10,13H2,1-2H3,(H2,25,26). The lowest BCUT2D eigenvalue weighted by atomic mass is 10.0. The number of carbonyl (C=O) groups excluding carboxylic acids is 2. The molecule has 2 amide bonds. The predicted octanol–water partition coefficient (Wildman–Crippen LogP) is 6.43. The fraction of sp³-hybridized carbons (Fsp3) is 0.217. The van der Waals surface area contributed by atoms with Gasteiger partial charge in [0.15, 0.2) is 19.7 Å². The lowest BCUT2D eigenvalue weighted by Crippen LogP contribution is -2.33. The van der Waals surface area contributed by atoms with Gasteiger partial charge in [0.1, 0.15) is 57.8 Å². The maximum absolute atomic E-state index is 14.7. The quantitative estimate of drug-likeness (QED) is 0.186. The first-order valence-corrected chi connectivity index (χ1v) is 23.6. The van der Waals surface area contributed by atoms with Gasteiger partial charge in [-0.2, -0.15) is 0 Å². The molecule has 14 nitrogen and oxygen atoms in total. The van der Waals surface area contributed by atoms with Crippen LogP contribution in [-0.4, -0.2) is 87.2 Å². The number of fused-ring (bicyclic) bond motifs is 2. The third-order valence-electron chi connectivity index (χ3n) is 10.9. The van der Waals surface area contributed by atoms with Crippen molar-refractivity contribution in [1.29, 1.82) is 0 Å². The largest absolute Gasteiger partial charge is 0.491 e. The molecule has 4 heterocycles. The molecule has 2 aliphatic heterocycles. The molecule has 18 heteroatoms. The first kappa shape index (κ1) is 45.1. The second-order valence-corrected chi connectivity index (χ2v) is 19.4. The molecule has 0 atom stereocenters. The summed E-state index contributed by atoms with van der Waals surface area (Å²) in [5.41, 5.74) is 16.7. The molecule has 2 aromatic heterocycles. The minimum atomic E-state index is -3.74. The van der Waals surface area contributed by atoms with E-state index in [1.54, 1.807) is 34.3 Å². The summed E-state index contributed by atoms with van der Waals surface area (Å²) in [7, 11) is -7.47. The Morgan fingerprint density at radius 3 is 1.30 bits per heavy atom. The van der Waals surface area contributed by atoms with Crippen molar-refractivity contribution in [3.8, 4) is 33.8 Å². The number of pyridine rings is 2. The highest BCUT2D eigenvalue weighted by molar-refractivity contribution is 7.91. The number of nitrogen functional groups attached to an aromatic ring is 2. The van der Waals surface area contributed by atoms with Crippen molar-refractivity contribution in [2.45, 2.75) is 36.7 Å². The lowest BCUT2D eigenvalue weighted by Gasteiger charge is -2.21. The summed E-state index contributed by atoms with van der Waals surface area (Å²) < 4.78 is 88.1. The zero-order valence-corrected chi connectivity index (χ0v) is 36.9. The Bertz CT molecular complexity index is 2820. The number of halogens is 2. The number of carbonyl (C=O) groups is 2. The Morgan fingerprint density at radius 2 is 0.953 bits per heavy atom. The number of ether oxygens (including phenoxy) is 2. The fourth-order valence-corrected chi connectivity index (χ4v) is 8.93. The van der Waals surface area contributed by atoms with E-state index in [0.717, 1.165) is 58.0 Å². The van der Waals surface area contributed by atoms with Crippen molar-refractivity contribution in [3.63, 3.8) is 0 Å². The molecule has 0 radical (unpaired) electrons. The maximum atomic E-state index is 14.7. The molecule has 6 aromatic rings. The number of nitrogens with zero attached hydrogens (tertiary/aromatic N) is 4. The van der Waals surface area contributed by atoms with Gasteiger partial charge in [0.05, 0.1) is 13.1 Å². The lowest BCUT2D eigenvalue weighted by molar-refractivity contribution is 0.0725. The molecule has 64 heavy (non-hydrogen) atoms. The number of hydrogen-bond donors (Lipinski definition) is 2. The summed E-state index contributed by atoms with van der Waals surface area (Å²) in [5, 5.41) is 0. The van der Waals surface area contributed by atoms with E-state index in [4.69, 9.17) is 20.9 Å². The van der Waals surface area contributed by atoms with Crippen LogP contribution in [0.15, 0.2) is 107 Å². The van der Waals surface area contributed by atoms with Gasteiger partial charge in [0, 0.05) is 71.4 Å². The van der Waals surface area contributed by atoms with Crippen LogP contribution in [0.25, 0.3) is 22.3 Å². The fourth-order valence-electron chi connectivity index (χ4n) is 7.34. The van der Waals surface area contributed by atoms with Crippen LogP contribution in [0.4, 0.5) is 20.4 Å². The number of aromatic nitrogens is 2. The van der Waals surface area contributed by atoms with Gasteiger partial charge in [-0.25, -0.2) is 35.6 Å². The van der Waals surface area contributed by atoms with E-state index < -0.39 is 52.9 Å². The van der Waals surface area contributed by atoms with Crippen molar-refractivity contribution >= 4 is 43.1 Å². The second-order valence-electron chi connectivity index (χ2n) is 15.4. The number of nitrogens with two attached hydrogens (primary N) is 2. The van der Waals surface area contributed by atoms with E-state index in [1.807, 2.05) is 48.5 Å². The molecule has 0 saturated carbocycles. The van der Waals surface area contributed by atoms with Crippen molar-refractivity contribution in [1.82, 2.24) is 19.8 Å². The number of amides is 2. The third-order valence-corrected chi connectivity index (χ3v) is 13.1. The van der Waals surface area contributed by atoms with E-state index >= 15 is 0 Å². The van der Waals surface area contributed by atoms with Crippen LogP contribution >= 0.6 is 0 Å². The Labute approximate surface area is 369 Å². The predicted molar refractivity (Wildman–Crippen MR) is 237 cm³/mol. The van der Waals surface area contributed by atoms with Crippen molar-refractivity contribution in [2.75, 3.05) is 50.3 Å². The van der Waals surface area contributed by atoms with Gasteiger partial charge in [0.2, 0.25) is 0 Å². The van der Waals surface area contributed by atoms with Crippen molar-refractivity contribution < 1.29 is 44.7 Å². The molecule has 0 spiro atoms.